The van der Waals surface area contributed by atoms with E-state index in [-0.39, 0.29) is 6.10 Å². The first-order valence-electron chi connectivity index (χ1n) is 5.60. The largest absolute Gasteiger partial charge is 0.391 e. The van der Waals surface area contributed by atoms with Crippen LogP contribution in [0.3, 0.4) is 0 Å². The lowest BCUT2D eigenvalue weighted by molar-refractivity contribution is 0.0638. The van der Waals surface area contributed by atoms with Crippen LogP contribution in [0.25, 0.3) is 0 Å². The molecule has 0 aromatic heterocycles. The standard InChI is InChI=1S/C13H19NO/c1-10-4-3-5-11(8-10)12-6-7-14(2)9-13(12)15/h3-5,8,12-13,15H,6-7,9H2,1-2H3. The van der Waals surface area contributed by atoms with Crippen LogP contribution in [0.2, 0.25) is 0 Å². The molecule has 1 aliphatic heterocycles. The molecule has 1 N–H and O–H groups in total. The molecule has 0 amide bonds. The van der Waals surface area contributed by atoms with E-state index in [9.17, 15) is 5.11 Å². The molecule has 82 valence electrons. The van der Waals surface area contributed by atoms with E-state index in [1.807, 2.05) is 0 Å². The Morgan fingerprint density at radius 3 is 2.87 bits per heavy atom. The van der Waals surface area contributed by atoms with Crippen LogP contribution in [-0.4, -0.2) is 36.2 Å². The maximum Gasteiger partial charge on any atom is 0.0735 e. The maximum atomic E-state index is 10.0. The van der Waals surface area contributed by atoms with Crippen molar-refractivity contribution < 1.29 is 5.11 Å². The number of aliphatic hydroxyl groups is 1. The quantitative estimate of drug-likeness (QED) is 0.755. The maximum absolute atomic E-state index is 10.0. The number of likely N-dealkylation sites (N-methyl/N-ethyl adjacent to an activating group) is 1. The van der Waals surface area contributed by atoms with Gasteiger partial charge in [0.25, 0.3) is 0 Å². The van der Waals surface area contributed by atoms with Crippen molar-refractivity contribution in [3.05, 3.63) is 35.4 Å². The van der Waals surface area contributed by atoms with Gasteiger partial charge in [0.15, 0.2) is 0 Å². The number of aryl methyl sites for hydroxylation is 1. The lowest BCUT2D eigenvalue weighted by atomic mass is 9.87. The third-order valence-electron chi connectivity index (χ3n) is 3.26. The number of nitrogens with zero attached hydrogens (tertiary/aromatic N) is 1. The van der Waals surface area contributed by atoms with Gasteiger partial charge in [-0.25, -0.2) is 0 Å². The van der Waals surface area contributed by atoms with Crippen LogP contribution >= 0.6 is 0 Å². The van der Waals surface area contributed by atoms with Gasteiger partial charge < -0.3 is 10.0 Å². The predicted octanol–water partition coefficient (Wildman–Crippen LogP) is 1.78. The normalized spacial score (nSPS) is 27.9. The topological polar surface area (TPSA) is 23.5 Å². The Bertz CT molecular complexity index is 337. The summed E-state index contributed by atoms with van der Waals surface area (Å²) in [5.41, 5.74) is 2.56. The molecule has 1 aromatic carbocycles. The second-order valence-corrected chi connectivity index (χ2v) is 4.64. The zero-order valence-corrected chi connectivity index (χ0v) is 9.48. The number of likely N-dealkylation sites (tertiary alicyclic amines) is 1. The minimum atomic E-state index is -0.217. The van der Waals surface area contributed by atoms with E-state index in [1.54, 1.807) is 0 Å². The number of aliphatic hydroxyl groups excluding tert-OH is 1. The summed E-state index contributed by atoms with van der Waals surface area (Å²) in [6, 6.07) is 8.51. The van der Waals surface area contributed by atoms with Gasteiger partial charge in [-0.3, -0.25) is 0 Å². The van der Waals surface area contributed by atoms with Crippen molar-refractivity contribution in [3.8, 4) is 0 Å². The highest BCUT2D eigenvalue weighted by atomic mass is 16.3. The van der Waals surface area contributed by atoms with Crippen molar-refractivity contribution in [2.24, 2.45) is 0 Å². The Morgan fingerprint density at radius 1 is 1.40 bits per heavy atom. The monoisotopic (exact) mass is 205 g/mol. The molecule has 2 atom stereocenters. The fourth-order valence-corrected chi connectivity index (χ4v) is 2.38. The minimum absolute atomic E-state index is 0.217. The van der Waals surface area contributed by atoms with E-state index in [0.717, 1.165) is 19.5 Å². The second-order valence-electron chi connectivity index (χ2n) is 4.64. The Morgan fingerprint density at radius 2 is 2.20 bits per heavy atom. The zero-order chi connectivity index (χ0) is 10.8. The number of hydrogen-bond acceptors (Lipinski definition) is 2. The van der Waals surface area contributed by atoms with Crippen molar-refractivity contribution >= 4 is 0 Å². The van der Waals surface area contributed by atoms with E-state index >= 15 is 0 Å². The fraction of sp³-hybridized carbons (Fsp3) is 0.538. The first-order valence-corrected chi connectivity index (χ1v) is 5.60. The van der Waals surface area contributed by atoms with Crippen LogP contribution in [0.5, 0.6) is 0 Å². The molecular formula is C13H19NO. The summed E-state index contributed by atoms with van der Waals surface area (Å²) in [5, 5.41) is 10.0. The summed E-state index contributed by atoms with van der Waals surface area (Å²) in [7, 11) is 2.07. The number of benzene rings is 1. The van der Waals surface area contributed by atoms with Gasteiger partial charge in [0.05, 0.1) is 6.10 Å². The average molecular weight is 205 g/mol. The highest BCUT2D eigenvalue weighted by Crippen LogP contribution is 2.28. The first-order chi connectivity index (χ1) is 7.16. The molecule has 1 fully saturated rings. The molecule has 0 radical (unpaired) electrons. The van der Waals surface area contributed by atoms with Gasteiger partial charge in [0, 0.05) is 12.5 Å². The van der Waals surface area contributed by atoms with Crippen LogP contribution in [0.1, 0.15) is 23.5 Å². The lowest BCUT2D eigenvalue weighted by Gasteiger charge is -2.34. The van der Waals surface area contributed by atoms with E-state index < -0.39 is 0 Å². The summed E-state index contributed by atoms with van der Waals surface area (Å²) in [6.07, 6.45) is 0.840. The van der Waals surface area contributed by atoms with Crippen LogP contribution < -0.4 is 0 Å². The van der Waals surface area contributed by atoms with Crippen molar-refractivity contribution in [2.75, 3.05) is 20.1 Å². The summed E-state index contributed by atoms with van der Waals surface area (Å²) in [6.45, 7) is 3.97. The van der Waals surface area contributed by atoms with Gasteiger partial charge in [-0.2, -0.15) is 0 Å². The third-order valence-corrected chi connectivity index (χ3v) is 3.26. The van der Waals surface area contributed by atoms with E-state index in [2.05, 4.69) is 43.1 Å². The molecule has 0 saturated carbocycles. The summed E-state index contributed by atoms with van der Waals surface area (Å²) in [4.78, 5) is 2.19. The number of rotatable bonds is 1. The molecule has 1 aliphatic rings. The van der Waals surface area contributed by atoms with E-state index in [1.165, 1.54) is 11.1 Å². The summed E-state index contributed by atoms with van der Waals surface area (Å²) >= 11 is 0. The molecule has 0 spiro atoms. The summed E-state index contributed by atoms with van der Waals surface area (Å²) < 4.78 is 0. The van der Waals surface area contributed by atoms with Crippen molar-refractivity contribution in [3.63, 3.8) is 0 Å². The molecule has 0 bridgehead atoms. The molecule has 2 rings (SSSR count). The van der Waals surface area contributed by atoms with Crippen molar-refractivity contribution in [1.82, 2.24) is 4.90 Å². The zero-order valence-electron chi connectivity index (χ0n) is 9.48. The Kier molecular flexibility index (Phi) is 3.08. The molecule has 0 aliphatic carbocycles. The predicted molar refractivity (Wildman–Crippen MR) is 62.0 cm³/mol. The van der Waals surface area contributed by atoms with Crippen molar-refractivity contribution in [1.29, 1.82) is 0 Å². The highest BCUT2D eigenvalue weighted by molar-refractivity contribution is 5.26. The average Bonchev–Trinajstić information content (AvgIpc) is 2.17. The van der Waals surface area contributed by atoms with E-state index in [4.69, 9.17) is 0 Å². The molecule has 15 heavy (non-hydrogen) atoms. The fourth-order valence-electron chi connectivity index (χ4n) is 2.38. The second kappa shape index (κ2) is 4.33. The van der Waals surface area contributed by atoms with Gasteiger partial charge in [0.1, 0.15) is 0 Å². The Labute approximate surface area is 91.5 Å². The molecule has 2 heteroatoms. The molecule has 1 saturated heterocycles. The molecule has 1 aromatic rings. The highest BCUT2D eigenvalue weighted by Gasteiger charge is 2.26. The van der Waals surface area contributed by atoms with Gasteiger partial charge >= 0.3 is 0 Å². The molecule has 2 unspecified atom stereocenters. The van der Waals surface area contributed by atoms with Crippen molar-refractivity contribution in [2.45, 2.75) is 25.4 Å². The first kappa shape index (κ1) is 10.7. The lowest BCUT2D eigenvalue weighted by Crippen LogP contribution is -2.40. The van der Waals surface area contributed by atoms with Crippen LogP contribution in [0.15, 0.2) is 24.3 Å². The van der Waals surface area contributed by atoms with Gasteiger partial charge in [0.2, 0.25) is 0 Å². The molecular weight excluding hydrogens is 186 g/mol. The molecule has 2 nitrogen and oxygen atoms in total. The van der Waals surface area contributed by atoms with Crippen LogP contribution in [-0.2, 0) is 0 Å². The number of hydrogen-bond donors (Lipinski definition) is 1. The van der Waals surface area contributed by atoms with E-state index in [0.29, 0.717) is 5.92 Å². The van der Waals surface area contributed by atoms with Crippen LogP contribution in [0, 0.1) is 6.92 Å². The number of β-amino-alcohol motifs (C(OH)–C–C–N with tert-alkyl or cyclic N) is 1. The Hall–Kier alpha value is -0.860. The Balaban J connectivity index is 2.17. The van der Waals surface area contributed by atoms with Crippen LogP contribution in [0.4, 0.5) is 0 Å². The third kappa shape index (κ3) is 2.39. The van der Waals surface area contributed by atoms with Gasteiger partial charge in [-0.1, -0.05) is 29.8 Å². The van der Waals surface area contributed by atoms with Gasteiger partial charge in [-0.15, -0.1) is 0 Å². The molecule has 1 heterocycles. The smallest absolute Gasteiger partial charge is 0.0735 e. The number of piperidine rings is 1. The van der Waals surface area contributed by atoms with Gasteiger partial charge in [-0.05, 0) is 32.5 Å². The minimum Gasteiger partial charge on any atom is -0.391 e. The SMILES string of the molecule is Cc1cccc(C2CCN(C)CC2O)c1. The summed E-state index contributed by atoms with van der Waals surface area (Å²) in [5.74, 6) is 0.320.